The molecule has 0 amide bonds. The molecule has 0 spiro atoms. The van der Waals surface area contributed by atoms with E-state index in [1.165, 1.54) is 0 Å². The van der Waals surface area contributed by atoms with Gasteiger partial charge in [0.05, 0.1) is 11.1 Å². The highest BCUT2D eigenvalue weighted by Gasteiger charge is 2.33. The lowest BCUT2D eigenvalue weighted by molar-refractivity contribution is 0.0435. The Hall–Kier alpha value is -2.41. The number of hydrogen-bond donors (Lipinski definition) is 0. The minimum absolute atomic E-state index is 0.171. The minimum atomic E-state index is -0.767. The van der Waals surface area contributed by atoms with Gasteiger partial charge < -0.3 is 4.74 Å². The fraction of sp³-hybridized carbons (Fsp3) is 0.476. The molecule has 1 aliphatic carbocycles. The van der Waals surface area contributed by atoms with Crippen molar-refractivity contribution in [3.63, 3.8) is 0 Å². The molecule has 1 aromatic carbocycles. The lowest BCUT2D eigenvalue weighted by atomic mass is 9.70. The van der Waals surface area contributed by atoms with E-state index < -0.39 is 12.1 Å². The third-order valence-electron chi connectivity index (χ3n) is 5.15. The number of benzene rings is 1. The molecule has 1 heterocycles. The molecule has 0 radical (unpaired) electrons. The van der Waals surface area contributed by atoms with Crippen LogP contribution in [-0.2, 0) is 17.6 Å². The maximum absolute atomic E-state index is 12.9. The Morgan fingerprint density at radius 2 is 2.08 bits per heavy atom. The van der Waals surface area contributed by atoms with Crippen LogP contribution in [0, 0.1) is 22.7 Å². The van der Waals surface area contributed by atoms with Crippen LogP contribution in [0.5, 0.6) is 0 Å². The number of nitrogens with zero attached hydrogens (tertiary/aromatic N) is 2. The molecule has 1 aromatic heterocycles. The van der Waals surface area contributed by atoms with E-state index in [0.29, 0.717) is 11.5 Å². The Morgan fingerprint density at radius 1 is 1.36 bits per heavy atom. The summed E-state index contributed by atoms with van der Waals surface area (Å²) >= 11 is 0. The molecule has 0 aliphatic heterocycles. The van der Waals surface area contributed by atoms with Gasteiger partial charge in [0.2, 0.25) is 0 Å². The number of nitriles is 1. The second-order valence-corrected chi connectivity index (χ2v) is 7.91. The number of pyridine rings is 1. The first-order valence-electron chi connectivity index (χ1n) is 8.82. The van der Waals surface area contributed by atoms with Crippen molar-refractivity contribution in [2.45, 2.75) is 53.1 Å². The third kappa shape index (κ3) is 3.37. The molecule has 25 heavy (non-hydrogen) atoms. The fourth-order valence-electron chi connectivity index (χ4n) is 3.61. The number of fused-ring (bicyclic) bond motifs is 2. The second kappa shape index (κ2) is 6.48. The molecule has 2 aromatic rings. The van der Waals surface area contributed by atoms with Gasteiger partial charge in [0.1, 0.15) is 6.07 Å². The number of aromatic nitrogens is 1. The highest BCUT2D eigenvalue weighted by molar-refractivity contribution is 6.05. The maximum Gasteiger partial charge on any atom is 0.340 e. The molecule has 0 fully saturated rings. The highest BCUT2D eigenvalue weighted by atomic mass is 16.5. The molecule has 2 unspecified atom stereocenters. The van der Waals surface area contributed by atoms with E-state index in [-0.39, 0.29) is 5.41 Å². The number of aryl methyl sites for hydroxylation is 1. The van der Waals surface area contributed by atoms with E-state index in [1.807, 2.05) is 30.3 Å². The predicted molar refractivity (Wildman–Crippen MR) is 97.2 cm³/mol. The zero-order chi connectivity index (χ0) is 18.2. The number of para-hydroxylation sites is 1. The van der Waals surface area contributed by atoms with Crippen molar-refractivity contribution in [3.05, 3.63) is 41.1 Å². The van der Waals surface area contributed by atoms with E-state index >= 15 is 0 Å². The molecule has 0 saturated carbocycles. The number of hydrogen-bond acceptors (Lipinski definition) is 4. The zero-order valence-corrected chi connectivity index (χ0v) is 15.3. The Labute approximate surface area is 148 Å². The Bertz CT molecular complexity index is 859. The lowest BCUT2D eigenvalue weighted by Crippen LogP contribution is -2.29. The van der Waals surface area contributed by atoms with Gasteiger partial charge >= 0.3 is 5.97 Å². The fourth-order valence-corrected chi connectivity index (χ4v) is 3.61. The van der Waals surface area contributed by atoms with E-state index in [1.54, 1.807) is 6.92 Å². The topological polar surface area (TPSA) is 63.0 Å². The Kier molecular flexibility index (Phi) is 4.51. The van der Waals surface area contributed by atoms with Crippen molar-refractivity contribution >= 4 is 16.9 Å². The summed E-state index contributed by atoms with van der Waals surface area (Å²) in [4.78, 5) is 17.7. The first-order valence-corrected chi connectivity index (χ1v) is 8.82. The van der Waals surface area contributed by atoms with Gasteiger partial charge in [-0.1, -0.05) is 39.0 Å². The Balaban J connectivity index is 2.16. The summed E-state index contributed by atoms with van der Waals surface area (Å²) in [6.07, 6.45) is 2.00. The SMILES string of the molecule is CC(C#N)OC(=O)c1c2c(nc3ccccc13)CCC(C(C)(C)C)C2. The summed E-state index contributed by atoms with van der Waals surface area (Å²) in [7, 11) is 0. The van der Waals surface area contributed by atoms with E-state index in [2.05, 4.69) is 20.8 Å². The average Bonchev–Trinajstić information content (AvgIpc) is 2.57. The van der Waals surface area contributed by atoms with Crippen molar-refractivity contribution in [3.8, 4) is 6.07 Å². The number of carbonyl (C=O) groups is 1. The van der Waals surface area contributed by atoms with Crippen molar-refractivity contribution in [2.75, 3.05) is 0 Å². The summed E-state index contributed by atoms with van der Waals surface area (Å²) in [6.45, 7) is 8.32. The minimum Gasteiger partial charge on any atom is -0.444 e. The summed E-state index contributed by atoms with van der Waals surface area (Å²) in [5, 5.41) is 9.80. The molecule has 3 rings (SSSR count). The van der Waals surface area contributed by atoms with Crippen LogP contribution >= 0.6 is 0 Å². The Morgan fingerprint density at radius 3 is 2.76 bits per heavy atom. The van der Waals surface area contributed by atoms with Gasteiger partial charge in [-0.15, -0.1) is 0 Å². The summed E-state index contributed by atoms with van der Waals surface area (Å²) in [5.74, 6) is 0.0707. The average molecular weight is 336 g/mol. The van der Waals surface area contributed by atoms with Crippen molar-refractivity contribution in [2.24, 2.45) is 11.3 Å². The molecular weight excluding hydrogens is 312 g/mol. The van der Waals surface area contributed by atoms with Crippen LogP contribution in [0.2, 0.25) is 0 Å². The number of ether oxygens (including phenoxy) is 1. The third-order valence-corrected chi connectivity index (χ3v) is 5.15. The van der Waals surface area contributed by atoms with Crippen LogP contribution in [0.25, 0.3) is 10.9 Å². The molecule has 0 bridgehead atoms. The summed E-state index contributed by atoms with van der Waals surface area (Å²) < 4.78 is 5.35. The van der Waals surface area contributed by atoms with Crippen LogP contribution in [0.3, 0.4) is 0 Å². The normalized spacial score (nSPS) is 18.3. The highest BCUT2D eigenvalue weighted by Crippen LogP contribution is 2.39. The molecule has 0 N–H and O–H groups in total. The second-order valence-electron chi connectivity index (χ2n) is 7.91. The molecule has 4 nitrogen and oxygen atoms in total. The summed E-state index contributed by atoms with van der Waals surface area (Å²) in [6, 6.07) is 9.64. The standard InChI is InChI=1S/C21H24N2O2/c1-13(12-22)25-20(24)19-15-7-5-6-8-17(15)23-18-10-9-14(11-16(18)19)21(2,3)4/h5-8,13-14H,9-11H2,1-4H3. The first kappa shape index (κ1) is 17.4. The quantitative estimate of drug-likeness (QED) is 0.760. The van der Waals surface area contributed by atoms with Gasteiger partial charge in [-0.05, 0) is 49.1 Å². The first-order chi connectivity index (χ1) is 11.8. The van der Waals surface area contributed by atoms with Gasteiger partial charge in [-0.3, -0.25) is 4.98 Å². The predicted octanol–water partition coefficient (Wildman–Crippen LogP) is 4.45. The number of rotatable bonds is 2. The molecule has 1 aliphatic rings. The molecule has 0 saturated heterocycles. The van der Waals surface area contributed by atoms with Crippen LogP contribution < -0.4 is 0 Å². The van der Waals surface area contributed by atoms with E-state index in [0.717, 1.165) is 41.4 Å². The van der Waals surface area contributed by atoms with Crippen LogP contribution in [0.4, 0.5) is 0 Å². The van der Waals surface area contributed by atoms with Gasteiger partial charge in [0, 0.05) is 11.1 Å². The number of esters is 1. The summed E-state index contributed by atoms with van der Waals surface area (Å²) in [5.41, 5.74) is 3.57. The largest absolute Gasteiger partial charge is 0.444 e. The van der Waals surface area contributed by atoms with Crippen LogP contribution in [-0.4, -0.2) is 17.1 Å². The van der Waals surface area contributed by atoms with E-state index in [4.69, 9.17) is 15.0 Å². The van der Waals surface area contributed by atoms with Crippen LogP contribution in [0.15, 0.2) is 24.3 Å². The van der Waals surface area contributed by atoms with Crippen molar-refractivity contribution in [1.82, 2.24) is 4.98 Å². The van der Waals surface area contributed by atoms with Crippen molar-refractivity contribution in [1.29, 1.82) is 5.26 Å². The van der Waals surface area contributed by atoms with Gasteiger partial charge in [-0.25, -0.2) is 4.79 Å². The number of carbonyl (C=O) groups excluding carboxylic acids is 1. The molecule has 130 valence electrons. The molecule has 2 atom stereocenters. The van der Waals surface area contributed by atoms with E-state index in [9.17, 15) is 4.79 Å². The lowest BCUT2D eigenvalue weighted by Gasteiger charge is -2.35. The van der Waals surface area contributed by atoms with Gasteiger partial charge in [0.25, 0.3) is 0 Å². The molecule has 4 heteroatoms. The van der Waals surface area contributed by atoms with Gasteiger partial charge in [-0.2, -0.15) is 5.26 Å². The smallest absolute Gasteiger partial charge is 0.340 e. The monoisotopic (exact) mass is 336 g/mol. The van der Waals surface area contributed by atoms with Crippen LogP contribution in [0.1, 0.15) is 55.7 Å². The van der Waals surface area contributed by atoms with Gasteiger partial charge in [0.15, 0.2) is 6.10 Å². The van der Waals surface area contributed by atoms with Crippen molar-refractivity contribution < 1.29 is 9.53 Å². The maximum atomic E-state index is 12.9. The molecular formula is C21H24N2O2. The zero-order valence-electron chi connectivity index (χ0n) is 15.3.